The van der Waals surface area contributed by atoms with Crippen LogP contribution in [0, 0.1) is 6.92 Å². The monoisotopic (exact) mass is 495 g/mol. The summed E-state index contributed by atoms with van der Waals surface area (Å²) in [6.07, 6.45) is 5.11. The summed E-state index contributed by atoms with van der Waals surface area (Å²) in [5, 5.41) is 12.2. The number of aromatic carboxylic acids is 1. The number of rotatable bonds is 6. The molecule has 0 spiro atoms. The van der Waals surface area contributed by atoms with Crippen LogP contribution in [0.1, 0.15) is 93.9 Å². The van der Waals surface area contributed by atoms with E-state index in [9.17, 15) is 14.4 Å². The molecule has 0 saturated heterocycles. The molecule has 190 valence electrons. The molecule has 0 bridgehead atoms. The molecular weight excluding hydrogens is 462 g/mol. The van der Waals surface area contributed by atoms with Crippen molar-refractivity contribution in [1.82, 2.24) is 0 Å². The Hall–Kier alpha value is -3.99. The van der Waals surface area contributed by atoms with Crippen molar-refractivity contribution in [3.05, 3.63) is 106 Å². The molecule has 5 heteroatoms. The lowest BCUT2D eigenvalue weighted by Gasteiger charge is -2.43. The van der Waals surface area contributed by atoms with E-state index >= 15 is 0 Å². The molecule has 0 aromatic heterocycles. The Morgan fingerprint density at radius 2 is 1.41 bits per heavy atom. The van der Waals surface area contributed by atoms with Crippen molar-refractivity contribution in [3.63, 3.8) is 0 Å². The van der Waals surface area contributed by atoms with Gasteiger partial charge in [0.15, 0.2) is 5.78 Å². The lowest BCUT2D eigenvalue weighted by atomic mass is 9.62. The molecule has 0 radical (unpaired) electrons. The van der Waals surface area contributed by atoms with Crippen molar-refractivity contribution in [1.29, 1.82) is 0 Å². The van der Waals surface area contributed by atoms with Crippen molar-refractivity contribution in [2.24, 2.45) is 0 Å². The van der Waals surface area contributed by atoms with E-state index in [0.29, 0.717) is 16.8 Å². The van der Waals surface area contributed by atoms with Crippen LogP contribution >= 0.6 is 0 Å². The van der Waals surface area contributed by atoms with Crippen molar-refractivity contribution in [2.45, 2.75) is 58.3 Å². The summed E-state index contributed by atoms with van der Waals surface area (Å²) in [7, 11) is 0. The number of carbonyl (C=O) groups is 3. The maximum atomic E-state index is 13.3. The first-order valence-electron chi connectivity index (χ1n) is 12.5. The second-order valence-corrected chi connectivity index (χ2v) is 11.2. The van der Waals surface area contributed by atoms with Gasteiger partial charge in [-0.15, -0.1) is 0 Å². The summed E-state index contributed by atoms with van der Waals surface area (Å²) >= 11 is 0. The molecule has 1 aliphatic rings. The van der Waals surface area contributed by atoms with E-state index in [1.165, 1.54) is 18.2 Å². The van der Waals surface area contributed by atoms with Crippen molar-refractivity contribution in [3.8, 4) is 0 Å². The SMILES string of the molecule is Cc1ccc(C(=O)Nc2cc(C(=O)C=Cc3ccc(C(=O)O)cc3)cc3c2C(C)(C)CCC3(C)C)cc1. The summed E-state index contributed by atoms with van der Waals surface area (Å²) in [5.74, 6) is -1.39. The molecule has 4 rings (SSSR count). The van der Waals surface area contributed by atoms with Crippen LogP contribution in [-0.2, 0) is 10.8 Å². The quantitative estimate of drug-likeness (QED) is 0.280. The van der Waals surface area contributed by atoms with Gasteiger partial charge in [0.1, 0.15) is 0 Å². The number of allylic oxidation sites excluding steroid dienone is 1. The van der Waals surface area contributed by atoms with Gasteiger partial charge in [0.25, 0.3) is 5.91 Å². The number of hydrogen-bond acceptors (Lipinski definition) is 3. The number of fused-ring (bicyclic) bond motifs is 1. The highest BCUT2D eigenvalue weighted by Gasteiger charge is 2.39. The molecule has 0 heterocycles. The second kappa shape index (κ2) is 9.81. The van der Waals surface area contributed by atoms with E-state index in [4.69, 9.17) is 5.11 Å². The van der Waals surface area contributed by atoms with Crippen LogP contribution in [0.15, 0.2) is 66.7 Å². The Labute approximate surface area is 218 Å². The lowest BCUT2D eigenvalue weighted by Crippen LogP contribution is -2.35. The van der Waals surface area contributed by atoms with Gasteiger partial charge in [-0.1, -0.05) is 63.6 Å². The zero-order chi connectivity index (χ0) is 27.0. The fourth-order valence-corrected chi connectivity index (χ4v) is 4.93. The molecular formula is C32H33NO4. The predicted molar refractivity (Wildman–Crippen MR) is 148 cm³/mol. The number of aryl methyl sites for hydroxylation is 1. The standard InChI is InChI=1S/C32H33NO4/c1-20-6-11-22(12-7-20)29(35)33-26-19-24(18-25-28(26)32(4,5)17-16-31(25,2)3)27(34)15-10-21-8-13-23(14-9-21)30(36)37/h6-15,18-19H,16-17H2,1-5H3,(H,33,35)(H,36,37). The van der Waals surface area contributed by atoms with E-state index in [-0.39, 0.29) is 28.1 Å². The number of anilines is 1. The van der Waals surface area contributed by atoms with Crippen LogP contribution < -0.4 is 5.32 Å². The van der Waals surface area contributed by atoms with Gasteiger partial charge < -0.3 is 10.4 Å². The molecule has 1 amide bonds. The topological polar surface area (TPSA) is 83.5 Å². The predicted octanol–water partition coefficient (Wildman–Crippen LogP) is 7.19. The van der Waals surface area contributed by atoms with Crippen molar-refractivity contribution in [2.75, 3.05) is 5.32 Å². The van der Waals surface area contributed by atoms with Gasteiger partial charge in [0.2, 0.25) is 0 Å². The normalized spacial score (nSPS) is 15.7. The van der Waals surface area contributed by atoms with Gasteiger partial charge in [-0.3, -0.25) is 9.59 Å². The third-order valence-electron chi connectivity index (χ3n) is 7.35. The molecule has 2 N–H and O–H groups in total. The fourth-order valence-electron chi connectivity index (χ4n) is 4.93. The summed E-state index contributed by atoms with van der Waals surface area (Å²) in [4.78, 5) is 37.6. The highest BCUT2D eigenvalue weighted by molar-refractivity contribution is 6.09. The van der Waals surface area contributed by atoms with E-state index < -0.39 is 5.97 Å². The molecule has 5 nitrogen and oxygen atoms in total. The summed E-state index contributed by atoms with van der Waals surface area (Å²) in [5.41, 5.74) is 5.57. The number of carboxylic acids is 1. The Morgan fingerprint density at radius 1 is 0.811 bits per heavy atom. The first-order valence-corrected chi connectivity index (χ1v) is 12.5. The number of benzene rings is 3. The molecule has 37 heavy (non-hydrogen) atoms. The molecule has 0 saturated carbocycles. The first kappa shape index (κ1) is 26.1. The molecule has 0 unspecified atom stereocenters. The van der Waals surface area contributed by atoms with Crippen molar-refractivity contribution >= 4 is 29.4 Å². The van der Waals surface area contributed by atoms with Crippen LogP contribution in [0.25, 0.3) is 6.08 Å². The number of hydrogen-bond donors (Lipinski definition) is 2. The largest absolute Gasteiger partial charge is 0.478 e. The van der Waals surface area contributed by atoms with Gasteiger partial charge >= 0.3 is 5.97 Å². The maximum absolute atomic E-state index is 13.3. The highest BCUT2D eigenvalue weighted by Crippen LogP contribution is 2.49. The molecule has 3 aromatic rings. The summed E-state index contributed by atoms with van der Waals surface area (Å²) in [6.45, 7) is 10.7. The first-order chi connectivity index (χ1) is 17.4. The van der Waals surface area contributed by atoms with Crippen LogP contribution in [0.5, 0.6) is 0 Å². The van der Waals surface area contributed by atoms with Crippen LogP contribution in [0.4, 0.5) is 5.69 Å². The molecule has 3 aromatic carbocycles. The Morgan fingerprint density at radius 3 is 2.03 bits per heavy atom. The van der Waals surface area contributed by atoms with Gasteiger partial charge in [-0.2, -0.15) is 0 Å². The van der Waals surface area contributed by atoms with Crippen LogP contribution in [0.2, 0.25) is 0 Å². The zero-order valence-electron chi connectivity index (χ0n) is 22.0. The van der Waals surface area contributed by atoms with E-state index in [1.807, 2.05) is 25.1 Å². The average Bonchev–Trinajstić information content (AvgIpc) is 2.85. The second-order valence-electron chi connectivity index (χ2n) is 11.2. The number of carbonyl (C=O) groups excluding carboxylic acids is 2. The lowest BCUT2D eigenvalue weighted by molar-refractivity contribution is 0.0696. The fraction of sp³-hybridized carbons (Fsp3) is 0.281. The number of ketones is 1. The van der Waals surface area contributed by atoms with Crippen LogP contribution in [-0.4, -0.2) is 22.8 Å². The van der Waals surface area contributed by atoms with Crippen molar-refractivity contribution < 1.29 is 19.5 Å². The maximum Gasteiger partial charge on any atom is 0.335 e. The van der Waals surface area contributed by atoms with Gasteiger partial charge in [0, 0.05) is 16.8 Å². The highest BCUT2D eigenvalue weighted by atomic mass is 16.4. The Kier molecular flexibility index (Phi) is 6.92. The van der Waals surface area contributed by atoms with Gasteiger partial charge in [-0.05, 0) is 89.8 Å². The van der Waals surface area contributed by atoms with Gasteiger partial charge in [-0.25, -0.2) is 4.79 Å². The average molecular weight is 496 g/mol. The Bertz CT molecular complexity index is 1390. The smallest absolute Gasteiger partial charge is 0.335 e. The third-order valence-corrected chi connectivity index (χ3v) is 7.35. The number of carboxylic acid groups (broad SMARTS) is 1. The zero-order valence-corrected chi connectivity index (χ0v) is 22.0. The number of amides is 1. The minimum Gasteiger partial charge on any atom is -0.478 e. The minimum absolute atomic E-state index is 0.152. The van der Waals surface area contributed by atoms with Crippen LogP contribution in [0.3, 0.4) is 0 Å². The molecule has 1 aliphatic carbocycles. The molecule has 0 aliphatic heterocycles. The van der Waals surface area contributed by atoms with E-state index in [2.05, 4.69) is 33.0 Å². The van der Waals surface area contributed by atoms with E-state index in [0.717, 1.165) is 35.1 Å². The summed E-state index contributed by atoms with van der Waals surface area (Å²) < 4.78 is 0. The summed E-state index contributed by atoms with van der Waals surface area (Å²) in [6, 6.07) is 17.5. The number of nitrogens with one attached hydrogen (secondary N) is 1. The van der Waals surface area contributed by atoms with E-state index in [1.54, 1.807) is 36.4 Å². The van der Waals surface area contributed by atoms with Gasteiger partial charge in [0.05, 0.1) is 5.56 Å². The molecule has 0 fully saturated rings. The Balaban J connectivity index is 1.74. The minimum atomic E-state index is -0.994. The molecule has 0 atom stereocenters. The third kappa shape index (κ3) is 5.56.